The lowest BCUT2D eigenvalue weighted by Gasteiger charge is -2.26. The van der Waals surface area contributed by atoms with Gasteiger partial charge in [0.25, 0.3) is 5.91 Å². The van der Waals surface area contributed by atoms with Crippen LogP contribution in [0.4, 0.5) is 13.2 Å². The summed E-state index contributed by atoms with van der Waals surface area (Å²) in [5.74, 6) is -0.649. The molecule has 0 bridgehead atoms. The Labute approximate surface area is 182 Å². The number of amides is 1. The van der Waals surface area contributed by atoms with Gasteiger partial charge in [-0.2, -0.15) is 4.31 Å². The minimum absolute atomic E-state index is 0.0820. The average molecular weight is 467 g/mol. The maximum absolute atomic E-state index is 12.8. The number of pyridine rings is 1. The first kappa shape index (κ1) is 22.3. The van der Waals surface area contributed by atoms with Gasteiger partial charge in [0.05, 0.1) is 10.6 Å². The molecule has 4 rings (SSSR count). The maximum atomic E-state index is 12.8. The monoisotopic (exact) mass is 467 g/mol. The van der Waals surface area contributed by atoms with E-state index in [2.05, 4.69) is 15.0 Å². The van der Waals surface area contributed by atoms with Crippen LogP contribution in [-0.2, 0) is 10.0 Å². The van der Waals surface area contributed by atoms with E-state index >= 15 is 0 Å². The number of rotatable bonds is 6. The first-order valence-electron chi connectivity index (χ1n) is 9.94. The highest BCUT2D eigenvalue weighted by atomic mass is 32.2. The fourth-order valence-corrected chi connectivity index (χ4v) is 4.69. The molecule has 2 heterocycles. The molecule has 1 N–H and O–H groups in total. The fraction of sp³-hybridized carbons (Fsp3) is 0.333. The lowest BCUT2D eigenvalue weighted by atomic mass is 10.0. The number of sulfonamides is 1. The zero-order valence-corrected chi connectivity index (χ0v) is 17.6. The molecule has 1 aliphatic heterocycles. The highest BCUT2D eigenvalue weighted by Gasteiger charge is 2.32. The zero-order valence-electron chi connectivity index (χ0n) is 16.8. The van der Waals surface area contributed by atoms with Crippen molar-refractivity contribution in [3.8, 4) is 5.75 Å². The molecule has 1 aromatic heterocycles. The number of halogens is 3. The summed E-state index contributed by atoms with van der Waals surface area (Å²) in [4.78, 5) is 16.4. The van der Waals surface area contributed by atoms with Gasteiger partial charge in [-0.3, -0.25) is 9.78 Å². The molecule has 2 aromatic rings. The summed E-state index contributed by atoms with van der Waals surface area (Å²) >= 11 is 0. The van der Waals surface area contributed by atoms with Gasteiger partial charge in [-0.05, 0) is 61.2 Å². The number of aromatic nitrogens is 1. The summed E-state index contributed by atoms with van der Waals surface area (Å²) in [7, 11) is -3.89. The van der Waals surface area contributed by atoms with Crippen LogP contribution in [0, 0.1) is 0 Å². The van der Waals surface area contributed by atoms with Crippen molar-refractivity contribution >= 4 is 21.5 Å². The zero-order chi connectivity index (χ0) is 22.9. The summed E-state index contributed by atoms with van der Waals surface area (Å²) in [6.07, 6.45) is 0.779. The predicted octanol–water partition coefficient (Wildman–Crippen LogP) is 3.35. The second kappa shape index (κ2) is 8.55. The highest BCUT2D eigenvalue weighted by molar-refractivity contribution is 7.89. The van der Waals surface area contributed by atoms with Crippen molar-refractivity contribution in [3.05, 3.63) is 59.9 Å². The molecule has 0 spiro atoms. The van der Waals surface area contributed by atoms with E-state index in [4.69, 9.17) is 0 Å². The lowest BCUT2D eigenvalue weighted by molar-refractivity contribution is -0.274. The molecule has 2 aliphatic rings. The predicted molar refractivity (Wildman–Crippen MR) is 109 cm³/mol. The van der Waals surface area contributed by atoms with E-state index in [-0.39, 0.29) is 29.9 Å². The number of carbonyl (C=O) groups excluding carboxylic acids is 1. The van der Waals surface area contributed by atoms with Crippen molar-refractivity contribution in [1.29, 1.82) is 0 Å². The Kier molecular flexibility index (Phi) is 5.95. The topological polar surface area (TPSA) is 88.6 Å². The second-order valence-corrected chi connectivity index (χ2v) is 9.48. The van der Waals surface area contributed by atoms with Crippen LogP contribution < -0.4 is 10.1 Å². The van der Waals surface area contributed by atoms with E-state index in [1.165, 1.54) is 4.31 Å². The van der Waals surface area contributed by atoms with Crippen molar-refractivity contribution in [2.45, 2.75) is 36.6 Å². The molecule has 32 heavy (non-hydrogen) atoms. The van der Waals surface area contributed by atoms with Crippen LogP contribution in [0.3, 0.4) is 0 Å². The minimum Gasteiger partial charge on any atom is -0.406 e. The van der Waals surface area contributed by atoms with Crippen molar-refractivity contribution in [2.75, 3.05) is 13.1 Å². The molecule has 170 valence electrons. The number of benzene rings is 1. The number of hydrogen-bond donors (Lipinski definition) is 1. The van der Waals surface area contributed by atoms with Gasteiger partial charge in [0.1, 0.15) is 5.75 Å². The molecule has 1 aliphatic carbocycles. The lowest BCUT2D eigenvalue weighted by Crippen LogP contribution is -2.34. The third-order valence-corrected chi connectivity index (χ3v) is 7.01. The molecule has 0 atom stereocenters. The Morgan fingerprint density at radius 2 is 1.88 bits per heavy atom. The Balaban J connectivity index is 1.45. The normalized spacial score (nSPS) is 17.5. The first-order valence-corrected chi connectivity index (χ1v) is 11.4. The first-order chi connectivity index (χ1) is 15.1. The van der Waals surface area contributed by atoms with E-state index in [9.17, 15) is 26.4 Å². The van der Waals surface area contributed by atoms with Gasteiger partial charge in [0.15, 0.2) is 0 Å². The number of alkyl halides is 3. The van der Waals surface area contributed by atoms with Crippen molar-refractivity contribution in [2.24, 2.45) is 0 Å². The van der Waals surface area contributed by atoms with Crippen LogP contribution in [0.25, 0.3) is 5.57 Å². The number of nitrogens with one attached hydrogen (secondary N) is 1. The highest BCUT2D eigenvalue weighted by Crippen LogP contribution is 2.28. The maximum Gasteiger partial charge on any atom is 0.573 e. The molecule has 1 aromatic carbocycles. The Hall–Kier alpha value is -2.92. The Morgan fingerprint density at radius 1 is 1.16 bits per heavy atom. The van der Waals surface area contributed by atoms with Gasteiger partial charge in [0.2, 0.25) is 10.0 Å². The molecule has 11 heteroatoms. The smallest absolute Gasteiger partial charge is 0.406 e. The van der Waals surface area contributed by atoms with Crippen LogP contribution in [-0.4, -0.2) is 49.1 Å². The van der Waals surface area contributed by atoms with E-state index in [0.29, 0.717) is 17.7 Å². The molecule has 1 fully saturated rings. The van der Waals surface area contributed by atoms with Crippen molar-refractivity contribution in [3.63, 3.8) is 0 Å². The van der Waals surface area contributed by atoms with E-state index in [1.807, 2.05) is 0 Å². The standard InChI is InChI=1S/C21H20F3N3O4S/c22-21(23,24)31-17-3-5-18(6-4-17)32(29,30)27-11-8-14(9-12-27)19-13-15(7-10-25-19)20(28)26-16-1-2-16/h3-8,10,13,16H,1-2,9,11-12H2,(H,26,28). The summed E-state index contributed by atoms with van der Waals surface area (Å²) in [5, 5.41) is 2.92. The van der Waals surface area contributed by atoms with Crippen molar-refractivity contribution < 1.29 is 31.1 Å². The summed E-state index contributed by atoms with van der Waals surface area (Å²) < 4.78 is 67.6. The summed E-state index contributed by atoms with van der Waals surface area (Å²) in [6.45, 7) is 0.258. The number of carbonyl (C=O) groups is 1. The molecule has 1 amide bonds. The van der Waals surface area contributed by atoms with Gasteiger partial charge < -0.3 is 10.1 Å². The molecule has 0 radical (unpaired) electrons. The fourth-order valence-electron chi connectivity index (χ4n) is 3.31. The van der Waals surface area contributed by atoms with Gasteiger partial charge in [-0.15, -0.1) is 13.2 Å². The van der Waals surface area contributed by atoms with Crippen molar-refractivity contribution in [1.82, 2.24) is 14.6 Å². The minimum atomic E-state index is -4.85. The molecular weight excluding hydrogens is 447 g/mol. The van der Waals surface area contributed by atoms with Gasteiger partial charge >= 0.3 is 6.36 Å². The van der Waals surface area contributed by atoms with Crippen LogP contribution in [0.5, 0.6) is 5.75 Å². The molecule has 0 saturated heterocycles. The van der Waals surface area contributed by atoms with Crippen LogP contribution in [0.1, 0.15) is 35.3 Å². The summed E-state index contributed by atoms with van der Waals surface area (Å²) in [5.41, 5.74) is 1.93. The number of ether oxygens (including phenoxy) is 1. The largest absolute Gasteiger partial charge is 0.573 e. The third kappa shape index (κ3) is 5.28. The van der Waals surface area contributed by atoms with Crippen LogP contribution in [0.15, 0.2) is 53.6 Å². The third-order valence-electron chi connectivity index (χ3n) is 5.13. The van der Waals surface area contributed by atoms with Crippen LogP contribution >= 0.6 is 0 Å². The van der Waals surface area contributed by atoms with Crippen LogP contribution in [0.2, 0.25) is 0 Å². The van der Waals surface area contributed by atoms with Gasteiger partial charge in [-0.1, -0.05) is 6.08 Å². The Bertz CT molecular complexity index is 1140. The van der Waals surface area contributed by atoms with Gasteiger partial charge in [-0.25, -0.2) is 8.42 Å². The molecule has 0 unspecified atom stereocenters. The number of nitrogens with zero attached hydrogens (tertiary/aromatic N) is 2. The molecular formula is C21H20F3N3O4S. The van der Waals surface area contributed by atoms with E-state index in [0.717, 1.165) is 42.7 Å². The molecule has 1 saturated carbocycles. The Morgan fingerprint density at radius 3 is 2.47 bits per heavy atom. The average Bonchev–Trinajstić information content (AvgIpc) is 3.57. The second-order valence-electron chi connectivity index (χ2n) is 7.54. The van der Waals surface area contributed by atoms with Gasteiger partial charge in [0, 0.05) is 30.9 Å². The SMILES string of the molecule is O=C(NC1CC1)c1ccnc(C2=CCN(S(=O)(=O)c3ccc(OC(F)(F)F)cc3)CC2)c1. The molecule has 7 nitrogen and oxygen atoms in total. The number of hydrogen-bond acceptors (Lipinski definition) is 5. The van der Waals surface area contributed by atoms with E-state index in [1.54, 1.807) is 24.4 Å². The quantitative estimate of drug-likeness (QED) is 0.704. The van der Waals surface area contributed by atoms with E-state index < -0.39 is 22.1 Å². The summed E-state index contributed by atoms with van der Waals surface area (Å²) in [6, 6.07) is 7.65.